The summed E-state index contributed by atoms with van der Waals surface area (Å²) in [7, 11) is 0. The molecule has 1 saturated heterocycles. The van der Waals surface area contributed by atoms with Crippen LogP contribution in [0.1, 0.15) is 31.3 Å². The van der Waals surface area contributed by atoms with Crippen LogP contribution in [0.15, 0.2) is 22.6 Å². The number of carbonyl (C=O) groups is 1. The molecule has 0 spiro atoms. The summed E-state index contributed by atoms with van der Waals surface area (Å²) in [6.07, 6.45) is 5.40. The summed E-state index contributed by atoms with van der Waals surface area (Å²) in [4.78, 5) is 11.7. The Balaban J connectivity index is 1.82. The van der Waals surface area contributed by atoms with Crippen molar-refractivity contribution in [3.05, 3.63) is 29.7 Å². The average Bonchev–Trinajstić information content (AvgIpc) is 2.97. The normalized spacial score (nSPS) is 21.3. The first-order chi connectivity index (χ1) is 8.65. The predicted molar refractivity (Wildman–Crippen MR) is 69.1 cm³/mol. The van der Waals surface area contributed by atoms with Crippen LogP contribution in [0.2, 0.25) is 0 Å². The smallest absolute Gasteiger partial charge is 0.244 e. The van der Waals surface area contributed by atoms with Crippen molar-refractivity contribution in [3.8, 4) is 0 Å². The maximum atomic E-state index is 11.7. The Morgan fingerprint density at radius 3 is 3.00 bits per heavy atom. The Bertz CT molecular complexity index is 430. The Hall–Kier alpha value is -1.55. The highest BCUT2D eigenvalue weighted by Crippen LogP contribution is 2.15. The molecule has 0 aromatic carbocycles. The highest BCUT2D eigenvalue weighted by Gasteiger charge is 2.22. The Morgan fingerprint density at radius 2 is 2.39 bits per heavy atom. The maximum absolute atomic E-state index is 11.7. The van der Waals surface area contributed by atoms with E-state index in [2.05, 4.69) is 5.32 Å². The molecule has 0 aliphatic carbocycles. The summed E-state index contributed by atoms with van der Waals surface area (Å²) < 4.78 is 10.9. The highest BCUT2D eigenvalue weighted by molar-refractivity contribution is 5.91. The lowest BCUT2D eigenvalue weighted by atomic mass is 10.1. The van der Waals surface area contributed by atoms with E-state index in [0.717, 1.165) is 25.2 Å². The lowest BCUT2D eigenvalue weighted by molar-refractivity contribution is -0.117. The summed E-state index contributed by atoms with van der Waals surface area (Å²) in [6, 6.07) is 3.75. The van der Waals surface area contributed by atoms with Gasteiger partial charge >= 0.3 is 0 Å². The molecule has 1 N–H and O–H groups in total. The minimum Gasteiger partial charge on any atom is -0.462 e. The third kappa shape index (κ3) is 3.47. The molecule has 2 heterocycles. The van der Waals surface area contributed by atoms with Crippen LogP contribution in [0.4, 0.5) is 0 Å². The molecular formula is C14H19NO3. The number of ether oxygens (including phenoxy) is 1. The van der Waals surface area contributed by atoms with E-state index in [1.54, 1.807) is 6.08 Å². The molecule has 0 saturated carbocycles. The number of hydrogen-bond acceptors (Lipinski definition) is 3. The van der Waals surface area contributed by atoms with Gasteiger partial charge in [0.15, 0.2) is 0 Å². The first-order valence-corrected chi connectivity index (χ1v) is 6.32. The van der Waals surface area contributed by atoms with Gasteiger partial charge in [-0.25, -0.2) is 0 Å². The molecule has 2 rings (SSSR count). The molecule has 0 radical (unpaired) electrons. The SMILES string of the molecule is Cc1ccc(C=CC(=O)NC(C)C2CCCO2)o1. The lowest BCUT2D eigenvalue weighted by Crippen LogP contribution is -2.39. The zero-order valence-electron chi connectivity index (χ0n) is 10.8. The van der Waals surface area contributed by atoms with Gasteiger partial charge in [-0.15, -0.1) is 0 Å². The number of aryl methyl sites for hydroxylation is 1. The molecule has 1 aromatic rings. The van der Waals surface area contributed by atoms with E-state index in [9.17, 15) is 4.79 Å². The summed E-state index contributed by atoms with van der Waals surface area (Å²) in [6.45, 7) is 4.64. The Labute approximate surface area is 107 Å². The Kier molecular flexibility index (Phi) is 4.20. The van der Waals surface area contributed by atoms with Gasteiger partial charge in [0.2, 0.25) is 5.91 Å². The van der Waals surface area contributed by atoms with Gasteiger partial charge in [-0.1, -0.05) is 0 Å². The van der Waals surface area contributed by atoms with Crippen LogP contribution in [-0.2, 0) is 9.53 Å². The van der Waals surface area contributed by atoms with Crippen LogP contribution >= 0.6 is 0 Å². The molecule has 1 fully saturated rings. The molecule has 4 nitrogen and oxygen atoms in total. The summed E-state index contributed by atoms with van der Waals surface area (Å²) in [5.74, 6) is 1.40. The van der Waals surface area contributed by atoms with Gasteiger partial charge in [-0.3, -0.25) is 4.79 Å². The van der Waals surface area contributed by atoms with E-state index in [4.69, 9.17) is 9.15 Å². The maximum Gasteiger partial charge on any atom is 0.244 e. The van der Waals surface area contributed by atoms with Gasteiger partial charge in [-0.2, -0.15) is 0 Å². The largest absolute Gasteiger partial charge is 0.462 e. The zero-order chi connectivity index (χ0) is 13.0. The van der Waals surface area contributed by atoms with Gasteiger partial charge in [0.1, 0.15) is 11.5 Å². The first kappa shape index (κ1) is 12.9. The van der Waals surface area contributed by atoms with Crippen LogP contribution in [0.3, 0.4) is 0 Å². The van der Waals surface area contributed by atoms with Crippen molar-refractivity contribution < 1.29 is 13.9 Å². The van der Waals surface area contributed by atoms with Crippen LogP contribution in [0.5, 0.6) is 0 Å². The number of furan rings is 1. The molecule has 1 aliphatic rings. The van der Waals surface area contributed by atoms with E-state index >= 15 is 0 Å². The molecule has 0 bridgehead atoms. The third-order valence-electron chi connectivity index (χ3n) is 3.05. The number of nitrogens with one attached hydrogen (secondary N) is 1. The van der Waals surface area contributed by atoms with E-state index < -0.39 is 0 Å². The van der Waals surface area contributed by atoms with Crippen molar-refractivity contribution in [3.63, 3.8) is 0 Å². The second-order valence-corrected chi connectivity index (χ2v) is 4.63. The number of rotatable bonds is 4. The molecular weight excluding hydrogens is 230 g/mol. The average molecular weight is 249 g/mol. The lowest BCUT2D eigenvalue weighted by Gasteiger charge is -2.18. The summed E-state index contributed by atoms with van der Waals surface area (Å²) >= 11 is 0. The van der Waals surface area contributed by atoms with Crippen molar-refractivity contribution in [2.24, 2.45) is 0 Å². The molecule has 2 atom stereocenters. The fourth-order valence-electron chi connectivity index (χ4n) is 2.06. The van der Waals surface area contributed by atoms with Gasteiger partial charge < -0.3 is 14.5 Å². The molecule has 2 unspecified atom stereocenters. The van der Waals surface area contributed by atoms with Gasteiger partial charge in [0.25, 0.3) is 0 Å². The third-order valence-corrected chi connectivity index (χ3v) is 3.05. The van der Waals surface area contributed by atoms with Crippen molar-refractivity contribution in [2.75, 3.05) is 6.61 Å². The fraction of sp³-hybridized carbons (Fsp3) is 0.500. The number of hydrogen-bond donors (Lipinski definition) is 1. The van der Waals surface area contributed by atoms with E-state index in [1.807, 2.05) is 26.0 Å². The Morgan fingerprint density at radius 1 is 1.56 bits per heavy atom. The molecule has 1 aliphatic heterocycles. The summed E-state index contributed by atoms with van der Waals surface area (Å²) in [5, 5.41) is 2.91. The highest BCUT2D eigenvalue weighted by atomic mass is 16.5. The predicted octanol–water partition coefficient (Wildman–Crippen LogP) is 2.28. The molecule has 4 heteroatoms. The van der Waals surface area contributed by atoms with Crippen LogP contribution in [0.25, 0.3) is 6.08 Å². The molecule has 98 valence electrons. The van der Waals surface area contributed by atoms with Crippen LogP contribution < -0.4 is 5.32 Å². The van der Waals surface area contributed by atoms with E-state index in [1.165, 1.54) is 6.08 Å². The van der Waals surface area contributed by atoms with Gasteiger partial charge in [0, 0.05) is 12.7 Å². The molecule has 18 heavy (non-hydrogen) atoms. The number of amides is 1. The summed E-state index contributed by atoms with van der Waals surface area (Å²) in [5.41, 5.74) is 0. The topological polar surface area (TPSA) is 51.5 Å². The number of carbonyl (C=O) groups excluding carboxylic acids is 1. The fourth-order valence-corrected chi connectivity index (χ4v) is 2.06. The zero-order valence-corrected chi connectivity index (χ0v) is 10.8. The quantitative estimate of drug-likeness (QED) is 0.833. The standard InChI is InChI=1S/C14H19NO3/c1-10-5-6-12(18-10)7-8-14(16)15-11(2)13-4-3-9-17-13/h5-8,11,13H,3-4,9H2,1-2H3,(H,15,16). The van der Waals surface area contributed by atoms with E-state index in [0.29, 0.717) is 5.76 Å². The molecule has 1 amide bonds. The second kappa shape index (κ2) is 5.87. The minimum absolute atomic E-state index is 0.0444. The van der Waals surface area contributed by atoms with E-state index in [-0.39, 0.29) is 18.1 Å². The van der Waals surface area contributed by atoms with Crippen LogP contribution in [0, 0.1) is 6.92 Å². The van der Waals surface area contributed by atoms with Crippen molar-refractivity contribution in [1.82, 2.24) is 5.32 Å². The minimum atomic E-state index is -0.118. The van der Waals surface area contributed by atoms with Crippen molar-refractivity contribution in [2.45, 2.75) is 38.8 Å². The van der Waals surface area contributed by atoms with Gasteiger partial charge in [-0.05, 0) is 44.9 Å². The van der Waals surface area contributed by atoms with Crippen molar-refractivity contribution in [1.29, 1.82) is 0 Å². The molecule has 1 aromatic heterocycles. The first-order valence-electron chi connectivity index (χ1n) is 6.32. The van der Waals surface area contributed by atoms with Crippen molar-refractivity contribution >= 4 is 12.0 Å². The van der Waals surface area contributed by atoms with Gasteiger partial charge in [0.05, 0.1) is 12.1 Å². The monoisotopic (exact) mass is 249 g/mol. The second-order valence-electron chi connectivity index (χ2n) is 4.63. The van der Waals surface area contributed by atoms with Crippen LogP contribution in [-0.4, -0.2) is 24.7 Å².